The maximum Gasteiger partial charge on any atom is 0.233 e. The summed E-state index contributed by atoms with van der Waals surface area (Å²) in [7, 11) is 2.07. The molecule has 0 fully saturated rings. The van der Waals surface area contributed by atoms with Crippen molar-refractivity contribution in [1.29, 1.82) is 0 Å². The predicted octanol–water partition coefficient (Wildman–Crippen LogP) is 1.63. The highest BCUT2D eigenvalue weighted by molar-refractivity contribution is 5.77. The van der Waals surface area contributed by atoms with Gasteiger partial charge in [0.15, 0.2) is 0 Å². The molecule has 4 heteroatoms. The van der Waals surface area contributed by atoms with E-state index in [1.807, 2.05) is 18.2 Å². The number of nitrogens with zero attached hydrogens (tertiary/aromatic N) is 1. The van der Waals surface area contributed by atoms with Gasteiger partial charge in [-0.05, 0) is 31.5 Å². The molecule has 0 aliphatic carbocycles. The van der Waals surface area contributed by atoms with Gasteiger partial charge in [-0.2, -0.15) is 0 Å². The van der Waals surface area contributed by atoms with Crippen LogP contribution in [0, 0.1) is 0 Å². The molecule has 1 rings (SSSR count). The van der Waals surface area contributed by atoms with Crippen molar-refractivity contribution in [2.75, 3.05) is 38.1 Å². The fourth-order valence-electron chi connectivity index (χ4n) is 1.80. The summed E-state index contributed by atoms with van der Waals surface area (Å²) in [6, 6.07) is 10.3. The van der Waals surface area contributed by atoms with Gasteiger partial charge in [0.05, 0.1) is 6.54 Å². The van der Waals surface area contributed by atoms with Crippen LogP contribution in [0.3, 0.4) is 0 Å². The highest BCUT2D eigenvalue weighted by Gasteiger charge is 2.01. The molecular formula is C15H25N3O. The lowest BCUT2D eigenvalue weighted by Gasteiger charge is -2.19. The number of nitrogens with one attached hydrogen (secondary N) is 2. The molecule has 0 aliphatic heterocycles. The van der Waals surface area contributed by atoms with Gasteiger partial charge in [0.1, 0.15) is 0 Å². The van der Waals surface area contributed by atoms with Crippen LogP contribution in [-0.4, -0.2) is 39.1 Å². The van der Waals surface area contributed by atoms with Crippen molar-refractivity contribution in [2.45, 2.75) is 19.8 Å². The maximum atomic E-state index is 11.4. The Morgan fingerprint density at radius 1 is 1.21 bits per heavy atom. The highest BCUT2D eigenvalue weighted by atomic mass is 16.1. The monoisotopic (exact) mass is 263 g/mol. The quantitative estimate of drug-likeness (QED) is 0.666. The normalized spacial score (nSPS) is 10.2. The van der Waals surface area contributed by atoms with E-state index < -0.39 is 0 Å². The fourth-order valence-corrected chi connectivity index (χ4v) is 1.80. The van der Waals surface area contributed by atoms with Gasteiger partial charge in [-0.15, -0.1) is 0 Å². The average molecular weight is 263 g/mol. The van der Waals surface area contributed by atoms with Crippen molar-refractivity contribution in [1.82, 2.24) is 10.6 Å². The third-order valence-electron chi connectivity index (χ3n) is 2.90. The Morgan fingerprint density at radius 2 is 1.95 bits per heavy atom. The molecule has 0 aliphatic rings. The lowest BCUT2D eigenvalue weighted by molar-refractivity contribution is -0.120. The minimum atomic E-state index is 0.0795. The summed E-state index contributed by atoms with van der Waals surface area (Å²) in [6.07, 6.45) is 2.00. The van der Waals surface area contributed by atoms with Crippen LogP contribution in [0.4, 0.5) is 5.69 Å². The van der Waals surface area contributed by atoms with Crippen LogP contribution in [0.25, 0.3) is 0 Å². The summed E-state index contributed by atoms with van der Waals surface area (Å²) < 4.78 is 0. The van der Waals surface area contributed by atoms with E-state index in [-0.39, 0.29) is 5.91 Å². The van der Waals surface area contributed by atoms with Crippen molar-refractivity contribution in [2.24, 2.45) is 0 Å². The molecule has 0 saturated heterocycles. The minimum Gasteiger partial charge on any atom is -0.375 e. The van der Waals surface area contributed by atoms with E-state index in [1.165, 1.54) is 5.69 Å². The summed E-state index contributed by atoms with van der Waals surface area (Å²) in [5, 5.41) is 6.01. The van der Waals surface area contributed by atoms with Crippen LogP contribution in [0.1, 0.15) is 19.8 Å². The van der Waals surface area contributed by atoms with Crippen LogP contribution < -0.4 is 15.5 Å². The van der Waals surface area contributed by atoms with E-state index in [9.17, 15) is 4.79 Å². The maximum absolute atomic E-state index is 11.4. The number of rotatable bonds is 9. The molecule has 0 atom stereocenters. The van der Waals surface area contributed by atoms with Crippen LogP contribution in [0.2, 0.25) is 0 Å². The van der Waals surface area contributed by atoms with Gasteiger partial charge < -0.3 is 15.5 Å². The van der Waals surface area contributed by atoms with Crippen molar-refractivity contribution >= 4 is 11.6 Å². The third kappa shape index (κ3) is 6.82. The first kappa shape index (κ1) is 15.5. The van der Waals surface area contributed by atoms with Gasteiger partial charge in [0.25, 0.3) is 0 Å². The second-order valence-electron chi connectivity index (χ2n) is 4.64. The van der Waals surface area contributed by atoms with Gasteiger partial charge in [-0.1, -0.05) is 25.1 Å². The number of hydrogen-bond donors (Lipinski definition) is 2. The largest absolute Gasteiger partial charge is 0.375 e. The molecule has 106 valence electrons. The number of carbonyl (C=O) groups is 1. The molecule has 19 heavy (non-hydrogen) atoms. The highest BCUT2D eigenvalue weighted by Crippen LogP contribution is 2.10. The fraction of sp³-hybridized carbons (Fsp3) is 0.533. The molecule has 0 aromatic heterocycles. The molecule has 1 aromatic carbocycles. The molecule has 0 saturated carbocycles. The van der Waals surface area contributed by atoms with Crippen molar-refractivity contribution in [3.05, 3.63) is 30.3 Å². The minimum absolute atomic E-state index is 0.0795. The molecule has 1 aromatic rings. The Labute approximate surface area is 116 Å². The third-order valence-corrected chi connectivity index (χ3v) is 2.90. The van der Waals surface area contributed by atoms with E-state index in [4.69, 9.17) is 0 Å². The number of para-hydroxylation sites is 1. The first-order chi connectivity index (χ1) is 9.24. The van der Waals surface area contributed by atoms with Crippen LogP contribution in [-0.2, 0) is 4.79 Å². The molecule has 0 unspecified atom stereocenters. The number of benzene rings is 1. The standard InChI is InChI=1S/C15H25N3O/c1-3-10-16-13-15(19)17-11-7-12-18(2)14-8-5-4-6-9-14/h4-6,8-9,16H,3,7,10-13H2,1-2H3,(H,17,19). The Hall–Kier alpha value is -1.55. The molecule has 4 nitrogen and oxygen atoms in total. The lowest BCUT2D eigenvalue weighted by atomic mass is 10.3. The Balaban J connectivity index is 2.09. The van der Waals surface area contributed by atoms with E-state index in [2.05, 4.69) is 41.6 Å². The smallest absolute Gasteiger partial charge is 0.233 e. The topological polar surface area (TPSA) is 44.4 Å². The van der Waals surface area contributed by atoms with Gasteiger partial charge >= 0.3 is 0 Å². The summed E-state index contributed by atoms with van der Waals surface area (Å²) in [5.74, 6) is 0.0795. The van der Waals surface area contributed by atoms with Gasteiger partial charge in [0, 0.05) is 25.8 Å². The van der Waals surface area contributed by atoms with Gasteiger partial charge in [-0.25, -0.2) is 0 Å². The number of carbonyl (C=O) groups excluding carboxylic acids is 1. The summed E-state index contributed by atoms with van der Waals surface area (Å²) in [6.45, 7) is 5.06. The Bertz CT molecular complexity index is 354. The zero-order chi connectivity index (χ0) is 13.9. The predicted molar refractivity (Wildman–Crippen MR) is 80.5 cm³/mol. The van der Waals surface area contributed by atoms with E-state index >= 15 is 0 Å². The average Bonchev–Trinajstić information content (AvgIpc) is 2.44. The first-order valence-corrected chi connectivity index (χ1v) is 6.97. The number of amides is 1. The zero-order valence-electron chi connectivity index (χ0n) is 12.0. The second kappa shape index (κ2) is 9.39. The summed E-state index contributed by atoms with van der Waals surface area (Å²) >= 11 is 0. The molecule has 0 heterocycles. The van der Waals surface area contributed by atoms with Gasteiger partial charge in [0.2, 0.25) is 5.91 Å². The van der Waals surface area contributed by atoms with Crippen molar-refractivity contribution in [3.8, 4) is 0 Å². The molecular weight excluding hydrogens is 238 g/mol. The number of hydrogen-bond acceptors (Lipinski definition) is 3. The molecule has 0 bridgehead atoms. The Kier molecular flexibility index (Phi) is 7.66. The van der Waals surface area contributed by atoms with E-state index in [0.29, 0.717) is 6.54 Å². The van der Waals surface area contributed by atoms with Gasteiger partial charge in [-0.3, -0.25) is 4.79 Å². The SMILES string of the molecule is CCCNCC(=O)NCCCN(C)c1ccccc1. The lowest BCUT2D eigenvalue weighted by Crippen LogP contribution is -2.35. The molecule has 0 spiro atoms. The zero-order valence-corrected chi connectivity index (χ0v) is 12.0. The van der Waals surface area contributed by atoms with Crippen LogP contribution in [0.5, 0.6) is 0 Å². The molecule has 1 amide bonds. The number of anilines is 1. The molecule has 2 N–H and O–H groups in total. The van der Waals surface area contributed by atoms with Crippen LogP contribution >= 0.6 is 0 Å². The molecule has 0 radical (unpaired) electrons. The summed E-state index contributed by atoms with van der Waals surface area (Å²) in [4.78, 5) is 13.6. The van der Waals surface area contributed by atoms with Crippen molar-refractivity contribution < 1.29 is 4.79 Å². The summed E-state index contributed by atoms with van der Waals surface area (Å²) in [5.41, 5.74) is 1.21. The van der Waals surface area contributed by atoms with Crippen LogP contribution in [0.15, 0.2) is 30.3 Å². The van der Waals surface area contributed by atoms with Crippen molar-refractivity contribution in [3.63, 3.8) is 0 Å². The van der Waals surface area contributed by atoms with E-state index in [1.54, 1.807) is 0 Å². The van der Waals surface area contributed by atoms with E-state index in [0.717, 1.165) is 32.5 Å². The first-order valence-electron chi connectivity index (χ1n) is 6.97. The second-order valence-corrected chi connectivity index (χ2v) is 4.64. The Morgan fingerprint density at radius 3 is 2.63 bits per heavy atom.